The number of thioether (sulfide) groups is 1. The highest BCUT2D eigenvalue weighted by Gasteiger charge is 2.46. The summed E-state index contributed by atoms with van der Waals surface area (Å²) in [6.45, 7) is 39.0. The van der Waals surface area contributed by atoms with Gasteiger partial charge in [0.05, 0.1) is 49.9 Å². The summed E-state index contributed by atoms with van der Waals surface area (Å²) in [5, 5.41) is 28.3. The molecule has 0 radical (unpaired) electrons. The fraction of sp³-hybridized carbons (Fsp3) is 0.661. The Hall–Kier alpha value is -4.77. The van der Waals surface area contributed by atoms with Crippen molar-refractivity contribution >= 4 is 101 Å². The molecule has 0 aromatic heterocycles. The van der Waals surface area contributed by atoms with Crippen LogP contribution in [0.15, 0.2) is 48.5 Å². The molecule has 22 nitrogen and oxygen atoms in total. The zero-order valence-corrected chi connectivity index (χ0v) is 61.0. The van der Waals surface area contributed by atoms with Crippen LogP contribution < -0.4 is 37.2 Å². The lowest BCUT2D eigenvalue weighted by molar-refractivity contribution is -0.141. The molecule has 2 aromatic rings. The summed E-state index contributed by atoms with van der Waals surface area (Å²) in [7, 11) is -11.6. The molecule has 7 amide bonds. The first-order chi connectivity index (χ1) is 40.0. The summed E-state index contributed by atoms with van der Waals surface area (Å²) >= 11 is 1.08. The molecule has 0 unspecified atom stereocenters. The van der Waals surface area contributed by atoms with E-state index in [4.69, 9.17) is 26.9 Å². The molecule has 0 bridgehead atoms. The van der Waals surface area contributed by atoms with E-state index in [0.29, 0.717) is 0 Å². The predicted molar refractivity (Wildman–Crippen MR) is 354 cm³/mol. The number of amides is 7. The number of nitrogens with one attached hydrogen (secondary N) is 7. The van der Waals surface area contributed by atoms with Crippen molar-refractivity contribution in [2.24, 2.45) is 11.8 Å². The maximum absolute atomic E-state index is 14.7. The average molecular weight is 1320 g/mol. The van der Waals surface area contributed by atoms with Crippen LogP contribution in [0.4, 0.5) is 4.79 Å². The van der Waals surface area contributed by atoms with Crippen molar-refractivity contribution in [3.63, 3.8) is 0 Å². The predicted octanol–water partition coefficient (Wildman–Crippen LogP) is 7.32. The molecule has 87 heavy (non-hydrogen) atoms. The van der Waals surface area contributed by atoms with Crippen LogP contribution in [0.25, 0.3) is 11.1 Å². The smallest absolute Gasteiger partial charge is 0.407 e. The van der Waals surface area contributed by atoms with Gasteiger partial charge in [-0.05, 0) is 139 Å². The van der Waals surface area contributed by atoms with E-state index < -0.39 is 151 Å². The Balaban J connectivity index is 2.00. The van der Waals surface area contributed by atoms with Crippen LogP contribution in [0.3, 0.4) is 0 Å². The third-order valence-electron chi connectivity index (χ3n) is 12.9. The Morgan fingerprint density at radius 1 is 0.563 bits per heavy atom. The van der Waals surface area contributed by atoms with Gasteiger partial charge >= 0.3 is 12.1 Å². The van der Waals surface area contributed by atoms with E-state index in [1.165, 1.54) is 6.92 Å². The van der Waals surface area contributed by atoms with E-state index in [1.807, 2.05) is 82.0 Å². The Morgan fingerprint density at radius 2 is 1.07 bits per heavy atom. The number of ether oxygens (including phenoxy) is 1. The van der Waals surface area contributed by atoms with E-state index in [0.717, 1.165) is 34.0 Å². The van der Waals surface area contributed by atoms with E-state index in [1.54, 1.807) is 13.8 Å². The molecule has 490 valence electrons. The first kappa shape index (κ1) is 76.5. The van der Waals surface area contributed by atoms with E-state index in [2.05, 4.69) is 116 Å². The van der Waals surface area contributed by atoms with Crippen LogP contribution in [-0.4, -0.2) is 181 Å². The summed E-state index contributed by atoms with van der Waals surface area (Å²) < 4.78 is 40.7. The van der Waals surface area contributed by atoms with Crippen molar-refractivity contribution < 1.29 is 70.3 Å². The summed E-state index contributed by atoms with van der Waals surface area (Å²) in [6, 6.07) is 10.2. The van der Waals surface area contributed by atoms with Crippen molar-refractivity contribution in [1.82, 2.24) is 37.2 Å². The second kappa shape index (κ2) is 33.9. The van der Waals surface area contributed by atoms with Gasteiger partial charge in [-0.25, -0.2) is 9.59 Å². The summed E-state index contributed by atoms with van der Waals surface area (Å²) in [6.07, 6.45) is -4.31. The number of benzene rings is 2. The first-order valence-corrected chi connectivity index (χ1v) is 48.2. The lowest BCUT2D eigenvalue weighted by atomic mass is 9.98. The van der Waals surface area contributed by atoms with Gasteiger partial charge in [0.25, 0.3) is 0 Å². The highest BCUT2D eigenvalue weighted by molar-refractivity contribution is 7.99. The minimum absolute atomic E-state index is 0.0663. The molecule has 1 aliphatic rings. The number of hydrogen-bond donors (Lipinski definition) is 8. The molecule has 1 aliphatic carbocycles. The number of carbonyl (C=O) groups excluding carboxylic acids is 7. The third kappa shape index (κ3) is 28.7. The number of carbonyl (C=O) groups is 8. The van der Waals surface area contributed by atoms with Gasteiger partial charge in [0.2, 0.25) is 35.4 Å². The van der Waals surface area contributed by atoms with Gasteiger partial charge in [-0.3, -0.25) is 28.8 Å². The highest BCUT2D eigenvalue weighted by Crippen LogP contribution is 2.44. The van der Waals surface area contributed by atoms with E-state index >= 15 is 0 Å². The minimum atomic E-state index is -2.46. The Morgan fingerprint density at radius 3 is 1.55 bits per heavy atom. The molecule has 3 rings (SSSR count). The van der Waals surface area contributed by atoms with Gasteiger partial charge in [-0.1, -0.05) is 76.2 Å². The van der Waals surface area contributed by atoms with Crippen LogP contribution >= 0.6 is 11.8 Å². The summed E-state index contributed by atoms with van der Waals surface area (Å²) in [5.74, 6) is -6.47. The monoisotopic (exact) mass is 1320 g/mol. The number of carboxylic acid groups (broad SMARTS) is 1. The second-order valence-corrected chi connectivity index (χ2v) is 51.1. The second-order valence-electron chi connectivity index (χ2n) is 27.7. The molecule has 8 atom stereocenters. The SMILES string of the molecule is CC(=O)NCSC[C@H](NC(=O)[C@@H](NC(=O)CNC(=O)[C@H](CC(C)C)NC(=O)[C@H](CC(=O)NC[C@H](O[Si](C)(C)C)[C@@H](O[Si](C)(C)C)[C@H](O[Si](C)(C)C)[C@@H](CO[Si](C)(C)C)O[Si](C)(C)C)NC(=O)OCC1c2ccccc2-c2ccccc21)C(C)C)C(=O)O. The van der Waals surface area contributed by atoms with Crippen molar-refractivity contribution in [2.45, 2.75) is 200 Å². The van der Waals surface area contributed by atoms with E-state index in [-0.39, 0.29) is 55.6 Å². The quantitative estimate of drug-likeness (QED) is 0.0187. The molecule has 0 spiro atoms. The zero-order valence-electron chi connectivity index (χ0n) is 55.2. The van der Waals surface area contributed by atoms with Gasteiger partial charge in [0.1, 0.15) is 30.8 Å². The lowest BCUT2D eigenvalue weighted by Gasteiger charge is -2.45. The summed E-state index contributed by atoms with van der Waals surface area (Å²) in [5.41, 5.74) is 3.94. The average Bonchev–Trinajstić information content (AvgIpc) is 2.03. The number of rotatable bonds is 37. The topological polar surface area (TPSA) is 296 Å². The zero-order chi connectivity index (χ0) is 66.0. The number of carboxylic acids is 1. The van der Waals surface area contributed by atoms with Gasteiger partial charge in [-0.15, -0.1) is 11.8 Å². The van der Waals surface area contributed by atoms with E-state index in [9.17, 15) is 43.5 Å². The number of hydrogen-bond acceptors (Lipinski definition) is 15. The largest absolute Gasteiger partial charge is 0.480 e. The van der Waals surface area contributed by atoms with Crippen LogP contribution in [0.2, 0.25) is 98.2 Å². The van der Waals surface area contributed by atoms with Crippen molar-refractivity contribution in [3.05, 3.63) is 59.7 Å². The molecule has 0 fully saturated rings. The maximum atomic E-state index is 14.7. The van der Waals surface area contributed by atoms with Gasteiger partial charge in [-0.2, -0.15) is 0 Å². The van der Waals surface area contributed by atoms with Crippen LogP contribution in [0.5, 0.6) is 0 Å². The maximum Gasteiger partial charge on any atom is 0.407 e. The number of aliphatic carboxylic acids is 1. The van der Waals surface area contributed by atoms with Crippen molar-refractivity contribution in [3.8, 4) is 11.1 Å². The normalized spacial score (nSPS) is 15.7. The van der Waals surface area contributed by atoms with Crippen molar-refractivity contribution in [1.29, 1.82) is 0 Å². The van der Waals surface area contributed by atoms with Crippen LogP contribution in [0, 0.1) is 11.8 Å². The Labute approximate surface area is 526 Å². The van der Waals surface area contributed by atoms with Crippen LogP contribution in [0.1, 0.15) is 64.5 Å². The van der Waals surface area contributed by atoms with Crippen molar-refractivity contribution in [2.75, 3.05) is 37.9 Å². The molecule has 28 heteroatoms. The number of fused-ring (bicyclic) bond motifs is 3. The molecule has 0 heterocycles. The molecular weight excluding hydrogens is 1220 g/mol. The van der Waals surface area contributed by atoms with Gasteiger partial charge < -0.3 is 69.2 Å². The minimum Gasteiger partial charge on any atom is -0.480 e. The summed E-state index contributed by atoms with van der Waals surface area (Å²) in [4.78, 5) is 108. The Kier molecular flexibility index (Phi) is 29.8. The molecular formula is C59H103N7O15SSi5. The lowest BCUT2D eigenvalue weighted by Crippen LogP contribution is -2.61. The van der Waals surface area contributed by atoms with Gasteiger partial charge in [0, 0.05) is 25.1 Å². The molecule has 8 N–H and O–H groups in total. The molecule has 0 saturated heterocycles. The Bertz CT molecular complexity index is 2600. The highest BCUT2D eigenvalue weighted by atomic mass is 32.2. The molecule has 2 aromatic carbocycles. The standard InChI is InChI=1S/C59H103N7O15SSi5/c1-37(2)29-45(55(70)61-32-51(69)66-52(38(3)4)57(72)64-47(58(73)74)35-82-36-62-39(5)67)63-56(71)46(65-59(75)76-33-44-42-27-23-21-25-40(42)41-26-22-24-28-43(41)44)30-50(68)60-31-48(78-84(9,10)11)53(80-86(15,16)17)54(81-87(18,19)20)49(79-85(12,13)14)34-77-83(6,7)8/h21-28,37-38,44-49,52-54H,29-36H2,1-20H3,(H,60,68)(H,61,70)(H,62,67)(H,63,71)(H,64,72)(H,65,75)(H,66,69)(H,73,74)/t45-,46-,47-,48-,49+,52-,53+,54+/m0/s1. The van der Waals surface area contributed by atoms with Crippen LogP contribution in [-0.2, 0) is 60.4 Å². The fourth-order valence-electron chi connectivity index (χ4n) is 9.44. The molecule has 0 aliphatic heterocycles. The third-order valence-corrected chi connectivity index (χ3v) is 18.8. The fourth-order valence-corrected chi connectivity index (χ4v) is 15.4. The first-order valence-electron chi connectivity index (χ1n) is 30.0. The van der Waals surface area contributed by atoms with Gasteiger partial charge in [0.15, 0.2) is 41.6 Å². The molecule has 0 saturated carbocycles. The number of alkyl carbamates (subject to hydrolysis) is 1.